The topological polar surface area (TPSA) is 55.1 Å². The van der Waals surface area contributed by atoms with Gasteiger partial charge in [-0.2, -0.15) is 5.26 Å². The molecule has 0 spiro atoms. The first-order valence-electron chi connectivity index (χ1n) is 6.78. The zero-order valence-corrected chi connectivity index (χ0v) is 12.3. The summed E-state index contributed by atoms with van der Waals surface area (Å²) in [6.45, 7) is 0. The number of nitriles is 1. The molecule has 0 radical (unpaired) electrons. The zero-order chi connectivity index (χ0) is 15.5. The lowest BCUT2D eigenvalue weighted by Gasteiger charge is -2.14. The van der Waals surface area contributed by atoms with Gasteiger partial charge in [-0.3, -0.25) is 4.98 Å². The van der Waals surface area contributed by atoms with Gasteiger partial charge in [-0.25, -0.2) is 0 Å². The number of rotatable bonds is 3. The predicted octanol–water partition coefficient (Wildman–Crippen LogP) is 3.79. The van der Waals surface area contributed by atoms with Crippen molar-refractivity contribution in [1.29, 1.82) is 5.26 Å². The lowest BCUT2D eigenvalue weighted by atomic mass is 9.98. The zero-order valence-electron chi connectivity index (χ0n) is 12.3. The van der Waals surface area contributed by atoms with E-state index >= 15 is 0 Å². The van der Waals surface area contributed by atoms with Crippen LogP contribution in [0.2, 0.25) is 0 Å². The van der Waals surface area contributed by atoms with Gasteiger partial charge in [0, 0.05) is 28.8 Å². The predicted molar refractivity (Wildman–Crippen MR) is 85.0 cm³/mol. The van der Waals surface area contributed by atoms with Crippen LogP contribution in [0.25, 0.3) is 22.0 Å². The molecule has 3 rings (SSSR count). The van der Waals surface area contributed by atoms with Crippen LogP contribution in [0.5, 0.6) is 11.5 Å². The maximum Gasteiger partial charge on any atom is 0.168 e. The van der Waals surface area contributed by atoms with E-state index in [0.29, 0.717) is 17.1 Å². The molecule has 0 unspecified atom stereocenters. The van der Waals surface area contributed by atoms with Crippen molar-refractivity contribution in [1.82, 2.24) is 4.98 Å². The Kier molecular flexibility index (Phi) is 3.63. The number of hydrogen-bond acceptors (Lipinski definition) is 4. The molecule has 1 heterocycles. The number of nitrogens with zero attached hydrogens (tertiary/aromatic N) is 2. The number of benzene rings is 2. The second-order valence-corrected chi connectivity index (χ2v) is 4.75. The third kappa shape index (κ3) is 2.23. The van der Waals surface area contributed by atoms with Gasteiger partial charge in [-0.15, -0.1) is 0 Å². The summed E-state index contributed by atoms with van der Waals surface area (Å²) in [5.74, 6) is 1.13. The fraction of sp³-hybridized carbons (Fsp3) is 0.111. The highest BCUT2D eigenvalue weighted by Gasteiger charge is 2.16. The van der Waals surface area contributed by atoms with E-state index in [4.69, 9.17) is 9.47 Å². The number of para-hydroxylation sites is 1. The molecule has 0 N–H and O–H groups in total. The molecule has 2 aromatic carbocycles. The average molecular weight is 290 g/mol. The fourth-order valence-corrected chi connectivity index (χ4v) is 2.55. The smallest absolute Gasteiger partial charge is 0.168 e. The lowest BCUT2D eigenvalue weighted by Crippen LogP contribution is -1.96. The van der Waals surface area contributed by atoms with Crippen LogP contribution in [-0.2, 0) is 0 Å². The molecular weight excluding hydrogens is 276 g/mol. The third-order valence-corrected chi connectivity index (χ3v) is 3.53. The van der Waals surface area contributed by atoms with E-state index in [1.165, 1.54) is 0 Å². The molecule has 108 valence electrons. The first kappa shape index (κ1) is 13.9. The molecule has 0 bridgehead atoms. The number of fused-ring (bicyclic) bond motifs is 1. The Hall–Kier alpha value is -3.06. The van der Waals surface area contributed by atoms with Gasteiger partial charge in [0.1, 0.15) is 0 Å². The molecule has 0 saturated carbocycles. The van der Waals surface area contributed by atoms with E-state index in [-0.39, 0.29) is 0 Å². The molecule has 0 aliphatic carbocycles. The van der Waals surface area contributed by atoms with E-state index < -0.39 is 0 Å². The molecule has 0 fully saturated rings. The molecule has 0 amide bonds. The molecule has 0 saturated heterocycles. The van der Waals surface area contributed by atoms with Gasteiger partial charge >= 0.3 is 0 Å². The highest BCUT2D eigenvalue weighted by Crippen LogP contribution is 2.41. The molecule has 0 aliphatic heterocycles. The van der Waals surface area contributed by atoms with E-state index in [1.54, 1.807) is 32.5 Å². The van der Waals surface area contributed by atoms with Crippen molar-refractivity contribution in [3.8, 4) is 28.7 Å². The summed E-state index contributed by atoms with van der Waals surface area (Å²) >= 11 is 0. The van der Waals surface area contributed by atoms with Crippen molar-refractivity contribution in [3.05, 3.63) is 54.2 Å². The standard InChI is InChI=1S/C18H14N2O2/c1-21-16-10-12(11-19)9-15(18(16)22-2)14-7-3-5-13-6-4-8-20-17(13)14/h3-10H,1-2H3. The van der Waals surface area contributed by atoms with Crippen molar-refractivity contribution < 1.29 is 9.47 Å². The fourth-order valence-electron chi connectivity index (χ4n) is 2.55. The summed E-state index contributed by atoms with van der Waals surface area (Å²) in [5.41, 5.74) is 3.08. The third-order valence-electron chi connectivity index (χ3n) is 3.53. The van der Waals surface area contributed by atoms with Crippen molar-refractivity contribution in [2.45, 2.75) is 0 Å². The van der Waals surface area contributed by atoms with Gasteiger partial charge in [0.2, 0.25) is 0 Å². The normalized spacial score (nSPS) is 10.2. The van der Waals surface area contributed by atoms with Crippen molar-refractivity contribution in [2.24, 2.45) is 0 Å². The van der Waals surface area contributed by atoms with E-state index in [0.717, 1.165) is 22.0 Å². The molecule has 4 heteroatoms. The molecule has 0 atom stereocenters. The first-order valence-corrected chi connectivity index (χ1v) is 6.78. The number of ether oxygens (including phenoxy) is 2. The average Bonchev–Trinajstić information content (AvgIpc) is 2.59. The van der Waals surface area contributed by atoms with Crippen molar-refractivity contribution >= 4 is 10.9 Å². The second kappa shape index (κ2) is 5.74. The molecule has 0 aliphatic rings. The van der Waals surface area contributed by atoms with Gasteiger partial charge in [-0.05, 0) is 12.1 Å². The summed E-state index contributed by atoms with van der Waals surface area (Å²) in [4.78, 5) is 4.46. The summed E-state index contributed by atoms with van der Waals surface area (Å²) < 4.78 is 10.9. The van der Waals surface area contributed by atoms with Crippen LogP contribution in [0.3, 0.4) is 0 Å². The van der Waals surface area contributed by atoms with Crippen LogP contribution >= 0.6 is 0 Å². The molecular formula is C18H14N2O2. The van der Waals surface area contributed by atoms with Crippen LogP contribution in [0.15, 0.2) is 48.7 Å². The number of aromatic nitrogens is 1. The number of methoxy groups -OCH3 is 2. The molecule has 1 aromatic heterocycles. The van der Waals surface area contributed by atoms with Crippen LogP contribution in [0.1, 0.15) is 5.56 Å². The number of hydrogen-bond donors (Lipinski definition) is 0. The Balaban J connectivity index is 2.37. The molecule has 4 nitrogen and oxygen atoms in total. The summed E-state index contributed by atoms with van der Waals surface area (Å²) in [7, 11) is 3.15. The Bertz CT molecular complexity index is 877. The van der Waals surface area contributed by atoms with E-state index in [1.807, 2.05) is 30.3 Å². The van der Waals surface area contributed by atoms with Crippen LogP contribution < -0.4 is 9.47 Å². The summed E-state index contributed by atoms with van der Waals surface area (Å²) in [6.07, 6.45) is 1.75. The maximum atomic E-state index is 9.24. The van der Waals surface area contributed by atoms with Gasteiger partial charge in [0.25, 0.3) is 0 Å². The summed E-state index contributed by atoms with van der Waals surface area (Å²) in [5, 5.41) is 10.3. The molecule has 22 heavy (non-hydrogen) atoms. The van der Waals surface area contributed by atoms with Gasteiger partial charge in [-0.1, -0.05) is 24.3 Å². The molecule has 3 aromatic rings. The van der Waals surface area contributed by atoms with Crippen LogP contribution in [-0.4, -0.2) is 19.2 Å². The monoisotopic (exact) mass is 290 g/mol. The Morgan fingerprint density at radius 1 is 1.00 bits per heavy atom. The Morgan fingerprint density at radius 2 is 1.82 bits per heavy atom. The highest BCUT2D eigenvalue weighted by atomic mass is 16.5. The van der Waals surface area contributed by atoms with Crippen molar-refractivity contribution in [2.75, 3.05) is 14.2 Å². The summed E-state index contributed by atoms with van der Waals surface area (Å²) in [6, 6.07) is 15.5. The second-order valence-electron chi connectivity index (χ2n) is 4.75. The maximum absolute atomic E-state index is 9.24. The Labute approximate surface area is 128 Å². The minimum atomic E-state index is 0.514. The number of pyridine rings is 1. The van der Waals surface area contributed by atoms with E-state index in [2.05, 4.69) is 11.1 Å². The lowest BCUT2D eigenvalue weighted by molar-refractivity contribution is 0.356. The Morgan fingerprint density at radius 3 is 2.55 bits per heavy atom. The first-order chi connectivity index (χ1) is 10.8. The van der Waals surface area contributed by atoms with Gasteiger partial charge in [0.05, 0.1) is 31.4 Å². The minimum Gasteiger partial charge on any atom is -0.493 e. The van der Waals surface area contributed by atoms with Gasteiger partial charge in [0.15, 0.2) is 11.5 Å². The van der Waals surface area contributed by atoms with Gasteiger partial charge < -0.3 is 9.47 Å². The minimum absolute atomic E-state index is 0.514. The SMILES string of the molecule is COc1cc(C#N)cc(-c2cccc3cccnc23)c1OC. The van der Waals surface area contributed by atoms with Crippen LogP contribution in [0.4, 0.5) is 0 Å². The quantitative estimate of drug-likeness (QED) is 0.736. The van der Waals surface area contributed by atoms with Crippen LogP contribution in [0, 0.1) is 11.3 Å². The van der Waals surface area contributed by atoms with E-state index in [9.17, 15) is 5.26 Å². The largest absolute Gasteiger partial charge is 0.493 e. The van der Waals surface area contributed by atoms with Crippen molar-refractivity contribution in [3.63, 3.8) is 0 Å². The highest BCUT2D eigenvalue weighted by molar-refractivity contribution is 5.95.